The topological polar surface area (TPSA) is 69.7 Å². The summed E-state index contributed by atoms with van der Waals surface area (Å²) in [7, 11) is 4.68. The van der Waals surface area contributed by atoms with Crippen molar-refractivity contribution in [1.29, 1.82) is 0 Å². The number of halogens is 1. The number of methoxy groups -OCH3 is 3. The molecule has 1 heterocycles. The quantitative estimate of drug-likeness (QED) is 0.662. The zero-order valence-corrected chi connectivity index (χ0v) is 16.2. The molecule has 0 aliphatic rings. The Morgan fingerprint density at radius 1 is 1.08 bits per heavy atom. The van der Waals surface area contributed by atoms with Gasteiger partial charge in [-0.2, -0.15) is 0 Å². The highest BCUT2D eigenvalue weighted by molar-refractivity contribution is 9.10. The number of thiazole rings is 1. The molecule has 0 saturated heterocycles. The summed E-state index contributed by atoms with van der Waals surface area (Å²) in [5.41, 5.74) is 1.09. The highest BCUT2D eigenvalue weighted by Gasteiger charge is 2.17. The molecule has 0 radical (unpaired) electrons. The number of carbonyl (C=O) groups excluding carboxylic acids is 1. The lowest BCUT2D eigenvalue weighted by atomic mass is 10.2. The predicted octanol–water partition coefficient (Wildman–Crippen LogP) is 4.34. The van der Waals surface area contributed by atoms with Crippen molar-refractivity contribution in [3.63, 3.8) is 0 Å². The van der Waals surface area contributed by atoms with Crippen LogP contribution in [0.25, 0.3) is 10.2 Å². The summed E-state index contributed by atoms with van der Waals surface area (Å²) in [6.45, 7) is 0. The van der Waals surface area contributed by atoms with E-state index >= 15 is 0 Å². The molecular formula is C17H15BrN2O4S. The van der Waals surface area contributed by atoms with Gasteiger partial charge >= 0.3 is 0 Å². The predicted molar refractivity (Wildman–Crippen MR) is 101 cm³/mol. The number of ether oxygens (including phenoxy) is 3. The van der Waals surface area contributed by atoms with Crippen LogP contribution in [0.1, 0.15) is 10.4 Å². The molecule has 0 fully saturated rings. The number of amides is 1. The molecule has 0 spiro atoms. The molecule has 0 bridgehead atoms. The van der Waals surface area contributed by atoms with E-state index < -0.39 is 0 Å². The van der Waals surface area contributed by atoms with E-state index in [1.54, 1.807) is 32.4 Å². The van der Waals surface area contributed by atoms with Crippen LogP contribution in [0.2, 0.25) is 0 Å². The second-order valence-electron chi connectivity index (χ2n) is 4.99. The first-order valence-electron chi connectivity index (χ1n) is 7.23. The Labute approximate surface area is 156 Å². The standard InChI is InChI=1S/C17H15BrN2O4S/c1-22-10-7-13(24-3)15-14(8-10)25-17(19-15)20-16(21)11-6-9(18)4-5-12(11)23-2/h4-8H,1-3H3,(H,19,20,21). The molecule has 0 aliphatic heterocycles. The van der Waals surface area contributed by atoms with E-state index in [0.29, 0.717) is 33.5 Å². The fraction of sp³-hybridized carbons (Fsp3) is 0.176. The van der Waals surface area contributed by atoms with Gasteiger partial charge in [-0.25, -0.2) is 4.98 Å². The van der Waals surface area contributed by atoms with E-state index in [-0.39, 0.29) is 5.91 Å². The average molecular weight is 423 g/mol. The normalized spacial score (nSPS) is 10.6. The molecule has 0 saturated carbocycles. The first kappa shape index (κ1) is 17.5. The first-order chi connectivity index (χ1) is 12.0. The SMILES string of the molecule is COc1cc(OC)c2nc(NC(=O)c3cc(Br)ccc3OC)sc2c1. The molecule has 6 nitrogen and oxygen atoms in total. The maximum Gasteiger partial charge on any atom is 0.261 e. The van der Waals surface area contributed by atoms with Crippen LogP contribution >= 0.6 is 27.3 Å². The molecule has 8 heteroatoms. The third-order valence-corrected chi connectivity index (χ3v) is 4.93. The summed E-state index contributed by atoms with van der Waals surface area (Å²) >= 11 is 4.70. The van der Waals surface area contributed by atoms with Crippen molar-refractivity contribution in [3.05, 3.63) is 40.4 Å². The number of nitrogens with zero attached hydrogens (tertiary/aromatic N) is 1. The molecule has 130 valence electrons. The van der Waals surface area contributed by atoms with Crippen LogP contribution in [0.3, 0.4) is 0 Å². The summed E-state index contributed by atoms with van der Waals surface area (Å²) in [5, 5.41) is 3.28. The minimum absolute atomic E-state index is 0.303. The fourth-order valence-corrected chi connectivity index (χ4v) is 3.59. The van der Waals surface area contributed by atoms with Crippen LogP contribution in [0.4, 0.5) is 5.13 Å². The molecule has 3 rings (SSSR count). The van der Waals surface area contributed by atoms with Crippen LogP contribution in [-0.2, 0) is 0 Å². The molecule has 0 atom stereocenters. The Bertz CT molecular complexity index is 942. The van der Waals surface area contributed by atoms with Gasteiger partial charge in [0.2, 0.25) is 0 Å². The van der Waals surface area contributed by atoms with E-state index in [0.717, 1.165) is 9.17 Å². The number of aromatic nitrogens is 1. The maximum atomic E-state index is 12.6. The van der Waals surface area contributed by atoms with E-state index in [1.807, 2.05) is 12.1 Å². The Morgan fingerprint density at radius 2 is 1.84 bits per heavy atom. The number of hydrogen-bond acceptors (Lipinski definition) is 6. The smallest absolute Gasteiger partial charge is 0.261 e. The van der Waals surface area contributed by atoms with Crippen molar-refractivity contribution in [2.45, 2.75) is 0 Å². The first-order valence-corrected chi connectivity index (χ1v) is 8.84. The zero-order chi connectivity index (χ0) is 18.0. The number of rotatable bonds is 5. The van der Waals surface area contributed by atoms with Gasteiger partial charge < -0.3 is 14.2 Å². The number of fused-ring (bicyclic) bond motifs is 1. The van der Waals surface area contributed by atoms with Gasteiger partial charge in [0.1, 0.15) is 22.8 Å². The maximum absolute atomic E-state index is 12.6. The van der Waals surface area contributed by atoms with Gasteiger partial charge in [0, 0.05) is 10.5 Å². The lowest BCUT2D eigenvalue weighted by molar-refractivity contribution is 0.102. The van der Waals surface area contributed by atoms with Gasteiger partial charge in [-0.1, -0.05) is 27.3 Å². The molecule has 1 N–H and O–H groups in total. The molecule has 3 aromatic rings. The number of anilines is 1. The Balaban J connectivity index is 1.95. The molecular weight excluding hydrogens is 408 g/mol. The van der Waals surface area contributed by atoms with Gasteiger partial charge in [-0.05, 0) is 24.3 Å². The van der Waals surface area contributed by atoms with Crippen LogP contribution in [0.15, 0.2) is 34.8 Å². The van der Waals surface area contributed by atoms with E-state index in [9.17, 15) is 4.79 Å². The van der Waals surface area contributed by atoms with Crippen LogP contribution in [0.5, 0.6) is 17.2 Å². The second-order valence-corrected chi connectivity index (χ2v) is 6.94. The van der Waals surface area contributed by atoms with Gasteiger partial charge in [0.25, 0.3) is 5.91 Å². The highest BCUT2D eigenvalue weighted by atomic mass is 79.9. The largest absolute Gasteiger partial charge is 0.497 e. The minimum atomic E-state index is -0.303. The fourth-order valence-electron chi connectivity index (χ4n) is 2.32. The number of hydrogen-bond donors (Lipinski definition) is 1. The Hall–Kier alpha value is -2.32. The lowest BCUT2D eigenvalue weighted by Gasteiger charge is -2.08. The summed E-state index contributed by atoms with van der Waals surface area (Å²) in [5.74, 6) is 1.44. The second kappa shape index (κ2) is 7.28. The minimum Gasteiger partial charge on any atom is -0.497 e. The molecule has 1 aromatic heterocycles. The van der Waals surface area contributed by atoms with Crippen LogP contribution in [0, 0.1) is 0 Å². The van der Waals surface area contributed by atoms with Gasteiger partial charge in [0.15, 0.2) is 5.13 Å². The van der Waals surface area contributed by atoms with E-state index in [1.165, 1.54) is 18.4 Å². The highest BCUT2D eigenvalue weighted by Crippen LogP contribution is 2.36. The van der Waals surface area contributed by atoms with Crippen molar-refractivity contribution >= 4 is 48.5 Å². The molecule has 0 aliphatic carbocycles. The molecule has 0 unspecified atom stereocenters. The average Bonchev–Trinajstić information content (AvgIpc) is 3.02. The molecule has 2 aromatic carbocycles. The van der Waals surface area contributed by atoms with E-state index in [4.69, 9.17) is 14.2 Å². The number of benzene rings is 2. The number of nitrogens with one attached hydrogen (secondary N) is 1. The Kier molecular flexibility index (Phi) is 5.10. The lowest BCUT2D eigenvalue weighted by Crippen LogP contribution is -2.13. The summed E-state index contributed by atoms with van der Waals surface area (Å²) in [4.78, 5) is 17.1. The monoisotopic (exact) mass is 422 g/mol. The van der Waals surface area contributed by atoms with E-state index in [2.05, 4.69) is 26.2 Å². The van der Waals surface area contributed by atoms with Crippen molar-refractivity contribution in [1.82, 2.24) is 4.98 Å². The van der Waals surface area contributed by atoms with Gasteiger partial charge in [0.05, 0.1) is 31.6 Å². The van der Waals surface area contributed by atoms with Gasteiger partial charge in [-0.15, -0.1) is 0 Å². The summed E-state index contributed by atoms with van der Waals surface area (Å²) in [6.07, 6.45) is 0. The third kappa shape index (κ3) is 3.54. The zero-order valence-electron chi connectivity index (χ0n) is 13.8. The van der Waals surface area contributed by atoms with Crippen molar-refractivity contribution in [2.24, 2.45) is 0 Å². The molecule has 25 heavy (non-hydrogen) atoms. The summed E-state index contributed by atoms with van der Waals surface area (Å²) in [6, 6.07) is 8.84. The van der Waals surface area contributed by atoms with Crippen molar-refractivity contribution in [2.75, 3.05) is 26.6 Å². The van der Waals surface area contributed by atoms with Crippen LogP contribution in [-0.4, -0.2) is 32.2 Å². The number of carbonyl (C=O) groups is 1. The third-order valence-electron chi connectivity index (χ3n) is 3.52. The van der Waals surface area contributed by atoms with Crippen LogP contribution < -0.4 is 19.5 Å². The van der Waals surface area contributed by atoms with Crippen molar-refractivity contribution < 1.29 is 19.0 Å². The van der Waals surface area contributed by atoms with Gasteiger partial charge in [-0.3, -0.25) is 10.1 Å². The summed E-state index contributed by atoms with van der Waals surface area (Å²) < 4.78 is 17.5. The molecule has 1 amide bonds. The van der Waals surface area contributed by atoms with Crippen molar-refractivity contribution in [3.8, 4) is 17.2 Å². The Morgan fingerprint density at radius 3 is 2.52 bits per heavy atom.